The molecule has 1 N–H and O–H groups in total. The predicted molar refractivity (Wildman–Crippen MR) is 126 cm³/mol. The number of aryl methyl sites for hydroxylation is 2. The molecule has 2 heterocycles. The first-order valence-electron chi connectivity index (χ1n) is 10.00. The Hall–Kier alpha value is -3.30. The first kappa shape index (κ1) is 21.9. The molecule has 4 rings (SSSR count). The van der Waals surface area contributed by atoms with Gasteiger partial charge in [0.2, 0.25) is 5.13 Å². The van der Waals surface area contributed by atoms with E-state index in [1.165, 1.54) is 16.2 Å². The zero-order valence-electron chi connectivity index (χ0n) is 17.7. The van der Waals surface area contributed by atoms with Crippen molar-refractivity contribution in [3.8, 4) is 11.5 Å². The average Bonchev–Trinajstić information content (AvgIpc) is 3.45. The van der Waals surface area contributed by atoms with Gasteiger partial charge in [0, 0.05) is 22.9 Å². The lowest BCUT2D eigenvalue weighted by atomic mass is 10.1. The van der Waals surface area contributed by atoms with Gasteiger partial charge in [0.15, 0.2) is 0 Å². The summed E-state index contributed by atoms with van der Waals surface area (Å²) in [6.45, 7) is 4.90. The molecule has 2 aromatic carbocycles. The van der Waals surface area contributed by atoms with Gasteiger partial charge in [0.05, 0.1) is 17.8 Å². The van der Waals surface area contributed by atoms with E-state index in [9.17, 15) is 4.79 Å². The number of carbonyl (C=O) groups excluding carboxylic acids is 1. The smallest absolute Gasteiger partial charge is 0.257 e. The fourth-order valence-corrected chi connectivity index (χ4v) is 4.23. The van der Waals surface area contributed by atoms with Crippen LogP contribution in [-0.4, -0.2) is 27.7 Å². The molecule has 0 aliphatic carbocycles. The van der Waals surface area contributed by atoms with Crippen molar-refractivity contribution in [3.05, 3.63) is 80.7 Å². The van der Waals surface area contributed by atoms with Crippen molar-refractivity contribution in [1.82, 2.24) is 15.2 Å². The fourth-order valence-electron chi connectivity index (χ4n) is 3.03. The van der Waals surface area contributed by atoms with Crippen molar-refractivity contribution in [2.45, 2.75) is 26.9 Å². The molecule has 0 atom stereocenters. The molecule has 4 aromatic rings. The van der Waals surface area contributed by atoms with Crippen LogP contribution < -0.4 is 14.8 Å². The number of thiazole rings is 1. The highest BCUT2D eigenvalue weighted by atomic mass is 32.1. The summed E-state index contributed by atoms with van der Waals surface area (Å²) in [6, 6.07) is 13.3. The number of benzene rings is 2. The van der Waals surface area contributed by atoms with Gasteiger partial charge < -0.3 is 9.47 Å². The normalized spacial score (nSPS) is 10.7. The van der Waals surface area contributed by atoms with Crippen LogP contribution in [0, 0.1) is 13.8 Å². The second-order valence-corrected chi connectivity index (χ2v) is 8.84. The Labute approximate surface area is 194 Å². The molecule has 164 valence electrons. The number of nitrogens with one attached hydrogen (secondary N) is 1. The second kappa shape index (κ2) is 10.3. The molecule has 32 heavy (non-hydrogen) atoms. The molecule has 0 fully saturated rings. The van der Waals surface area contributed by atoms with E-state index in [-0.39, 0.29) is 5.91 Å². The van der Waals surface area contributed by atoms with E-state index in [0.717, 1.165) is 23.2 Å². The van der Waals surface area contributed by atoms with Crippen LogP contribution >= 0.6 is 22.7 Å². The van der Waals surface area contributed by atoms with Gasteiger partial charge >= 0.3 is 0 Å². The maximum absolute atomic E-state index is 12.8. The summed E-state index contributed by atoms with van der Waals surface area (Å²) in [5.41, 5.74) is 7.07. The number of anilines is 1. The van der Waals surface area contributed by atoms with Crippen LogP contribution in [0.4, 0.5) is 5.13 Å². The minimum Gasteiger partial charge on any atom is -0.493 e. The Morgan fingerprint density at radius 3 is 2.56 bits per heavy atom. The number of rotatable bonds is 9. The highest BCUT2D eigenvalue weighted by Gasteiger charge is 2.13. The topological polar surface area (TPSA) is 86.2 Å². The van der Waals surface area contributed by atoms with Gasteiger partial charge in [-0.15, -0.1) is 21.5 Å². The third kappa shape index (κ3) is 5.68. The molecule has 0 unspecified atom stereocenters. The molecule has 0 bridgehead atoms. The Balaban J connectivity index is 1.50. The summed E-state index contributed by atoms with van der Waals surface area (Å²) in [5, 5.41) is 10.8. The SMILES string of the molecule is Cc1ccccc1COc1cc(OCCc2scnc2C)cc(C(=O)Nc2nncs2)c1. The highest BCUT2D eigenvalue weighted by Crippen LogP contribution is 2.26. The Morgan fingerprint density at radius 2 is 1.84 bits per heavy atom. The van der Waals surface area contributed by atoms with Crippen LogP contribution in [0.3, 0.4) is 0 Å². The van der Waals surface area contributed by atoms with Crippen LogP contribution in [-0.2, 0) is 13.0 Å². The molecule has 0 radical (unpaired) electrons. The minimum atomic E-state index is -0.300. The Kier molecular flexibility index (Phi) is 7.08. The van der Waals surface area contributed by atoms with Crippen molar-refractivity contribution in [3.63, 3.8) is 0 Å². The Morgan fingerprint density at radius 1 is 1.03 bits per heavy atom. The van der Waals surface area contributed by atoms with Crippen LogP contribution in [0.2, 0.25) is 0 Å². The highest BCUT2D eigenvalue weighted by molar-refractivity contribution is 7.13. The van der Waals surface area contributed by atoms with Crippen molar-refractivity contribution in [1.29, 1.82) is 0 Å². The number of amides is 1. The van der Waals surface area contributed by atoms with Gasteiger partial charge in [0.25, 0.3) is 5.91 Å². The summed E-state index contributed by atoms with van der Waals surface area (Å²) >= 11 is 2.87. The summed E-state index contributed by atoms with van der Waals surface area (Å²) in [6.07, 6.45) is 0.747. The van der Waals surface area contributed by atoms with Crippen molar-refractivity contribution < 1.29 is 14.3 Å². The van der Waals surface area contributed by atoms with Crippen LogP contribution in [0.5, 0.6) is 11.5 Å². The predicted octanol–water partition coefficient (Wildman–Crippen LogP) is 5.06. The lowest BCUT2D eigenvalue weighted by Crippen LogP contribution is -2.12. The molecule has 0 saturated carbocycles. The minimum absolute atomic E-state index is 0.300. The number of hydrogen-bond acceptors (Lipinski definition) is 8. The zero-order valence-corrected chi connectivity index (χ0v) is 19.3. The van der Waals surface area contributed by atoms with Gasteiger partial charge in [-0.05, 0) is 37.1 Å². The summed E-state index contributed by atoms with van der Waals surface area (Å²) in [5.74, 6) is 0.824. The van der Waals surface area contributed by atoms with E-state index < -0.39 is 0 Å². The fraction of sp³-hybridized carbons (Fsp3) is 0.217. The molecule has 0 saturated heterocycles. The summed E-state index contributed by atoms with van der Waals surface area (Å²) < 4.78 is 12.0. The van der Waals surface area contributed by atoms with E-state index in [2.05, 4.69) is 20.5 Å². The standard InChI is InChI=1S/C23H22N4O3S2/c1-15-5-3-4-6-17(15)12-30-20-10-18(22(28)26-23-27-25-14-32-23)9-19(11-20)29-8-7-21-16(2)24-13-31-21/h3-6,9-11,13-14H,7-8,12H2,1-2H3,(H,26,27,28). The van der Waals surface area contributed by atoms with Crippen LogP contribution in [0.1, 0.15) is 32.1 Å². The Bertz CT molecular complexity index is 1190. The van der Waals surface area contributed by atoms with Gasteiger partial charge in [-0.3, -0.25) is 10.1 Å². The van der Waals surface area contributed by atoms with Crippen molar-refractivity contribution >= 4 is 33.7 Å². The van der Waals surface area contributed by atoms with E-state index in [0.29, 0.717) is 35.4 Å². The van der Waals surface area contributed by atoms with Crippen LogP contribution in [0.25, 0.3) is 0 Å². The molecule has 0 aliphatic rings. The molecule has 2 aromatic heterocycles. The van der Waals surface area contributed by atoms with E-state index in [4.69, 9.17) is 9.47 Å². The largest absolute Gasteiger partial charge is 0.493 e. The molecular formula is C23H22N4O3S2. The number of nitrogens with zero attached hydrogens (tertiary/aromatic N) is 3. The van der Waals surface area contributed by atoms with Gasteiger partial charge in [0.1, 0.15) is 23.6 Å². The lowest BCUT2D eigenvalue weighted by Gasteiger charge is -2.13. The molecule has 0 aliphatic heterocycles. The third-order valence-corrected chi connectivity index (χ3v) is 6.42. The third-order valence-electron chi connectivity index (χ3n) is 4.82. The summed E-state index contributed by atoms with van der Waals surface area (Å²) in [7, 11) is 0. The zero-order chi connectivity index (χ0) is 22.3. The first-order chi connectivity index (χ1) is 15.6. The maximum atomic E-state index is 12.8. The summed E-state index contributed by atoms with van der Waals surface area (Å²) in [4.78, 5) is 18.2. The number of carbonyl (C=O) groups is 1. The molecule has 7 nitrogen and oxygen atoms in total. The number of ether oxygens (including phenoxy) is 2. The maximum Gasteiger partial charge on any atom is 0.257 e. The molecule has 0 spiro atoms. The lowest BCUT2D eigenvalue weighted by molar-refractivity contribution is 0.102. The van der Waals surface area contributed by atoms with Gasteiger partial charge in [-0.2, -0.15) is 0 Å². The van der Waals surface area contributed by atoms with Gasteiger partial charge in [-0.25, -0.2) is 4.98 Å². The van der Waals surface area contributed by atoms with Gasteiger partial charge in [-0.1, -0.05) is 35.6 Å². The first-order valence-corrected chi connectivity index (χ1v) is 11.8. The number of aromatic nitrogens is 3. The van der Waals surface area contributed by atoms with Crippen molar-refractivity contribution in [2.75, 3.05) is 11.9 Å². The second-order valence-electron chi connectivity index (χ2n) is 7.07. The van der Waals surface area contributed by atoms with Crippen LogP contribution in [0.15, 0.2) is 53.5 Å². The monoisotopic (exact) mass is 466 g/mol. The van der Waals surface area contributed by atoms with Crippen molar-refractivity contribution in [2.24, 2.45) is 0 Å². The average molecular weight is 467 g/mol. The molecular weight excluding hydrogens is 444 g/mol. The van der Waals surface area contributed by atoms with E-state index in [1.54, 1.807) is 35.0 Å². The van der Waals surface area contributed by atoms with E-state index in [1.807, 2.05) is 43.6 Å². The number of hydrogen-bond donors (Lipinski definition) is 1. The van der Waals surface area contributed by atoms with E-state index >= 15 is 0 Å². The molecule has 1 amide bonds. The quantitative estimate of drug-likeness (QED) is 0.371. The molecule has 9 heteroatoms.